The lowest BCUT2D eigenvalue weighted by Gasteiger charge is -2.12. The summed E-state index contributed by atoms with van der Waals surface area (Å²) in [7, 11) is -4.14. The molecule has 0 aromatic heterocycles. The zero-order valence-corrected chi connectivity index (χ0v) is 24.5. The third-order valence-corrected chi connectivity index (χ3v) is 8.54. The predicted octanol–water partition coefficient (Wildman–Crippen LogP) is 6.02. The van der Waals surface area contributed by atoms with Crippen molar-refractivity contribution in [3.63, 3.8) is 0 Å². The van der Waals surface area contributed by atoms with E-state index < -0.39 is 16.0 Å². The number of halogens is 2. The Morgan fingerprint density at radius 2 is 1.76 bits per heavy atom. The Morgan fingerprint density at radius 1 is 1.08 bits per heavy atom. The van der Waals surface area contributed by atoms with Gasteiger partial charge in [0.2, 0.25) is 5.91 Å². The summed E-state index contributed by atoms with van der Waals surface area (Å²) in [5.41, 5.74) is 1.88. The number of imide groups is 1. The van der Waals surface area contributed by atoms with Crippen LogP contribution in [0.4, 0.5) is 10.5 Å². The van der Waals surface area contributed by atoms with Crippen molar-refractivity contribution < 1.29 is 27.0 Å². The van der Waals surface area contributed by atoms with Gasteiger partial charge in [0.1, 0.15) is 4.90 Å². The summed E-state index contributed by atoms with van der Waals surface area (Å²) in [6.45, 7) is 1.53. The van der Waals surface area contributed by atoms with Gasteiger partial charge in [0.25, 0.3) is 11.1 Å². The van der Waals surface area contributed by atoms with Gasteiger partial charge in [-0.15, -0.1) is 0 Å². The Bertz CT molecular complexity index is 1520. The topological polar surface area (TPSA) is 110 Å². The fraction of sp³-hybridized carbons (Fsp3) is 0.0800. The summed E-state index contributed by atoms with van der Waals surface area (Å²) < 4.78 is 32.1. The summed E-state index contributed by atoms with van der Waals surface area (Å²) in [4.78, 5) is 37.8. The van der Waals surface area contributed by atoms with E-state index in [9.17, 15) is 22.8 Å². The van der Waals surface area contributed by atoms with E-state index in [2.05, 4.69) is 43.8 Å². The Kier molecular flexibility index (Phi) is 8.41. The van der Waals surface area contributed by atoms with Crippen molar-refractivity contribution in [3.05, 3.63) is 90.8 Å². The minimum Gasteiger partial charge on any atom is -0.378 e. The zero-order valence-electron chi connectivity index (χ0n) is 19.1. The van der Waals surface area contributed by atoms with E-state index in [1.807, 2.05) is 24.3 Å². The predicted molar refractivity (Wildman–Crippen MR) is 153 cm³/mol. The van der Waals surface area contributed by atoms with Crippen LogP contribution in [0.1, 0.15) is 18.1 Å². The number of carbonyl (C=O) groups excluding carboxylic acids is 3. The average molecular weight is 713 g/mol. The van der Waals surface area contributed by atoms with Crippen LogP contribution in [0.15, 0.2) is 81.0 Å². The van der Waals surface area contributed by atoms with Crippen molar-refractivity contribution >= 4 is 89.2 Å². The first-order valence-electron chi connectivity index (χ1n) is 10.6. The van der Waals surface area contributed by atoms with Crippen molar-refractivity contribution in [1.82, 2.24) is 4.90 Å². The van der Waals surface area contributed by atoms with E-state index in [1.165, 1.54) is 42.2 Å². The van der Waals surface area contributed by atoms with Gasteiger partial charge in [0.05, 0.1) is 15.9 Å². The van der Waals surface area contributed by atoms with E-state index in [0.29, 0.717) is 15.7 Å². The van der Waals surface area contributed by atoms with E-state index in [1.54, 1.807) is 18.2 Å². The Morgan fingerprint density at radius 3 is 2.38 bits per heavy atom. The number of hydrogen-bond acceptors (Lipinski definition) is 7. The van der Waals surface area contributed by atoms with Crippen molar-refractivity contribution in [2.75, 3.05) is 5.32 Å². The van der Waals surface area contributed by atoms with Gasteiger partial charge >= 0.3 is 10.1 Å². The molecule has 3 aromatic carbocycles. The monoisotopic (exact) mass is 712 g/mol. The van der Waals surface area contributed by atoms with Gasteiger partial charge in [-0.05, 0) is 116 Å². The summed E-state index contributed by atoms with van der Waals surface area (Å²) in [5.74, 6) is -0.614. The number of anilines is 1. The average Bonchev–Trinajstić information content (AvgIpc) is 3.09. The molecule has 1 aliphatic rings. The molecule has 0 saturated carbocycles. The summed E-state index contributed by atoms with van der Waals surface area (Å²) in [6.07, 6.45) is 1.57. The third-order valence-electron chi connectivity index (χ3n) is 5.04. The van der Waals surface area contributed by atoms with E-state index in [4.69, 9.17) is 4.18 Å². The molecule has 1 saturated heterocycles. The van der Waals surface area contributed by atoms with Gasteiger partial charge in [0, 0.05) is 16.2 Å². The molecule has 0 aliphatic carbocycles. The highest BCUT2D eigenvalue weighted by atomic mass is 127. The quantitative estimate of drug-likeness (QED) is 0.181. The lowest BCUT2D eigenvalue weighted by atomic mass is 10.2. The Hall–Kier alpha value is -2.68. The largest absolute Gasteiger partial charge is 0.378 e. The SMILES string of the molecule is CC(=O)Nc1ccc(S(=O)(=O)Oc2ccc(/C=C3\SC(=O)N(Cc4ccc(I)cc4)C3=O)cc2Br)cc1. The molecule has 4 rings (SSSR count). The summed E-state index contributed by atoms with van der Waals surface area (Å²) >= 11 is 6.35. The molecule has 1 heterocycles. The van der Waals surface area contributed by atoms with Gasteiger partial charge in [-0.3, -0.25) is 19.3 Å². The molecular formula is C25H18BrIN2O6S2. The van der Waals surface area contributed by atoms with E-state index in [-0.39, 0.29) is 33.2 Å². The van der Waals surface area contributed by atoms with E-state index >= 15 is 0 Å². The normalized spacial score (nSPS) is 14.8. The number of nitrogens with one attached hydrogen (secondary N) is 1. The van der Waals surface area contributed by atoms with Gasteiger partial charge < -0.3 is 9.50 Å². The number of amides is 3. The first-order chi connectivity index (χ1) is 17.5. The molecule has 0 spiro atoms. The Labute approximate surface area is 239 Å². The van der Waals surface area contributed by atoms with Crippen LogP contribution in [0.25, 0.3) is 6.08 Å². The van der Waals surface area contributed by atoms with Crippen LogP contribution in [-0.2, 0) is 26.3 Å². The molecule has 3 amide bonds. The lowest BCUT2D eigenvalue weighted by molar-refractivity contribution is -0.123. The number of rotatable bonds is 7. The van der Waals surface area contributed by atoms with Crippen LogP contribution in [0.3, 0.4) is 0 Å². The van der Waals surface area contributed by atoms with Crippen molar-refractivity contribution in [3.8, 4) is 5.75 Å². The van der Waals surface area contributed by atoms with Crippen LogP contribution in [0.2, 0.25) is 0 Å². The molecule has 1 fully saturated rings. The maximum absolute atomic E-state index is 12.8. The molecule has 8 nitrogen and oxygen atoms in total. The fourth-order valence-corrected chi connectivity index (χ4v) is 6.04. The van der Waals surface area contributed by atoms with Crippen LogP contribution < -0.4 is 9.50 Å². The molecular weight excluding hydrogens is 695 g/mol. The van der Waals surface area contributed by atoms with Crippen molar-refractivity contribution in [1.29, 1.82) is 0 Å². The zero-order chi connectivity index (χ0) is 26.7. The minimum absolute atomic E-state index is 0.0508. The second kappa shape index (κ2) is 11.4. The second-order valence-electron chi connectivity index (χ2n) is 7.83. The van der Waals surface area contributed by atoms with Crippen LogP contribution in [0, 0.1) is 3.57 Å². The number of hydrogen-bond donors (Lipinski definition) is 1. The molecule has 3 aromatic rings. The second-order valence-corrected chi connectivity index (χ2v) is 12.5. The number of thioether (sulfide) groups is 1. The van der Waals surface area contributed by atoms with Crippen LogP contribution in [-0.4, -0.2) is 30.4 Å². The third kappa shape index (κ3) is 6.80. The molecule has 190 valence electrons. The molecule has 12 heteroatoms. The minimum atomic E-state index is -4.14. The maximum Gasteiger partial charge on any atom is 0.339 e. The number of nitrogens with zero attached hydrogens (tertiary/aromatic N) is 1. The Balaban J connectivity index is 1.48. The fourth-order valence-electron chi connectivity index (χ4n) is 3.31. The van der Waals surface area contributed by atoms with Crippen LogP contribution in [0.5, 0.6) is 5.75 Å². The molecule has 1 aliphatic heterocycles. The molecule has 0 bridgehead atoms. The summed E-state index contributed by atoms with van der Waals surface area (Å²) in [5, 5.41) is 2.21. The van der Waals surface area contributed by atoms with Gasteiger partial charge in [-0.2, -0.15) is 8.42 Å². The van der Waals surface area contributed by atoms with Gasteiger partial charge in [-0.1, -0.05) is 18.2 Å². The van der Waals surface area contributed by atoms with E-state index in [0.717, 1.165) is 20.9 Å². The highest BCUT2D eigenvalue weighted by Gasteiger charge is 2.35. The maximum atomic E-state index is 12.8. The number of benzene rings is 3. The molecule has 0 radical (unpaired) electrons. The molecule has 37 heavy (non-hydrogen) atoms. The standard InChI is InChI=1S/C25H18BrIN2O6S2/c1-15(30)28-19-7-9-20(10-8-19)37(33,34)35-22-11-4-17(12-21(22)26)13-23-24(31)29(25(32)36-23)14-16-2-5-18(27)6-3-16/h2-13H,14H2,1H3,(H,28,30)/b23-13-. The van der Waals surface area contributed by atoms with Crippen LogP contribution >= 0.6 is 50.3 Å². The smallest absolute Gasteiger partial charge is 0.339 e. The highest BCUT2D eigenvalue weighted by Crippen LogP contribution is 2.35. The lowest BCUT2D eigenvalue weighted by Crippen LogP contribution is -2.27. The molecule has 1 N–H and O–H groups in total. The summed E-state index contributed by atoms with van der Waals surface area (Å²) in [6, 6.07) is 17.8. The first kappa shape index (κ1) is 27.4. The molecule has 0 atom stereocenters. The van der Waals surface area contributed by atoms with Gasteiger partial charge in [0.15, 0.2) is 5.75 Å². The van der Waals surface area contributed by atoms with Gasteiger partial charge in [-0.25, -0.2) is 0 Å². The highest BCUT2D eigenvalue weighted by molar-refractivity contribution is 14.1. The van der Waals surface area contributed by atoms with Crippen molar-refractivity contribution in [2.45, 2.75) is 18.4 Å². The number of carbonyl (C=O) groups is 3. The van der Waals surface area contributed by atoms with Crippen molar-refractivity contribution in [2.24, 2.45) is 0 Å². The molecule has 0 unspecified atom stereocenters. The first-order valence-corrected chi connectivity index (χ1v) is 14.7.